The maximum atomic E-state index is 11.0. The van der Waals surface area contributed by atoms with Gasteiger partial charge >= 0.3 is 5.97 Å². The molecule has 1 unspecified atom stereocenters. The summed E-state index contributed by atoms with van der Waals surface area (Å²) in [5.74, 6) is -0.407. The maximum Gasteiger partial charge on any atom is 0.372 e. The molecule has 2 rings (SSSR count). The minimum Gasteiger partial charge on any atom is -0.475 e. The van der Waals surface area contributed by atoms with Crippen molar-refractivity contribution >= 4 is 17.6 Å². The Morgan fingerprint density at radius 2 is 2.10 bits per heavy atom. The minimum absolute atomic E-state index is 0.00352. The van der Waals surface area contributed by atoms with E-state index in [1.54, 1.807) is 13.0 Å². The Morgan fingerprint density at radius 3 is 2.67 bits per heavy atom. The summed E-state index contributed by atoms with van der Waals surface area (Å²) in [6.07, 6.45) is 0. The van der Waals surface area contributed by atoms with Gasteiger partial charge in [0.05, 0.1) is 6.54 Å². The average molecular weight is 308 g/mol. The van der Waals surface area contributed by atoms with Gasteiger partial charge in [-0.1, -0.05) is 29.8 Å². The summed E-state index contributed by atoms with van der Waals surface area (Å²) in [5, 5.41) is 9.73. The number of benzene rings is 1. The lowest BCUT2D eigenvalue weighted by Crippen LogP contribution is -2.21. The Morgan fingerprint density at radius 1 is 1.43 bits per heavy atom. The van der Waals surface area contributed by atoms with Gasteiger partial charge in [0.1, 0.15) is 5.76 Å². The van der Waals surface area contributed by atoms with Crippen LogP contribution in [0.15, 0.2) is 34.7 Å². The predicted molar refractivity (Wildman–Crippen MR) is 81.7 cm³/mol. The third kappa shape index (κ3) is 3.46. The molecular formula is C16H18ClNO3. The van der Waals surface area contributed by atoms with Gasteiger partial charge in [-0.2, -0.15) is 0 Å². The van der Waals surface area contributed by atoms with Crippen LogP contribution in [0.3, 0.4) is 0 Å². The highest BCUT2D eigenvalue weighted by atomic mass is 35.5. The number of furan rings is 1. The lowest BCUT2D eigenvalue weighted by molar-refractivity contribution is 0.0657. The number of carboxylic acids is 1. The molecule has 0 spiro atoms. The van der Waals surface area contributed by atoms with Crippen LogP contribution in [0.4, 0.5) is 0 Å². The molecule has 5 heteroatoms. The number of carboxylic acid groups (broad SMARTS) is 1. The first kappa shape index (κ1) is 15.6. The molecule has 1 heterocycles. The monoisotopic (exact) mass is 307 g/mol. The van der Waals surface area contributed by atoms with E-state index < -0.39 is 5.97 Å². The first-order valence-electron chi connectivity index (χ1n) is 6.67. The van der Waals surface area contributed by atoms with E-state index >= 15 is 0 Å². The van der Waals surface area contributed by atoms with Crippen LogP contribution < -0.4 is 0 Å². The van der Waals surface area contributed by atoms with E-state index in [0.717, 1.165) is 10.6 Å². The van der Waals surface area contributed by atoms with Gasteiger partial charge in [0.15, 0.2) is 0 Å². The molecule has 0 aliphatic rings. The molecule has 0 aliphatic carbocycles. The molecule has 0 aliphatic heterocycles. The highest BCUT2D eigenvalue weighted by Crippen LogP contribution is 2.27. The molecule has 112 valence electrons. The van der Waals surface area contributed by atoms with Crippen molar-refractivity contribution in [1.82, 2.24) is 4.90 Å². The molecule has 0 fully saturated rings. The first-order chi connectivity index (χ1) is 9.90. The molecule has 0 bridgehead atoms. The molecule has 1 aromatic carbocycles. The fourth-order valence-corrected chi connectivity index (χ4v) is 2.57. The predicted octanol–water partition coefficient (Wildman–Crippen LogP) is 4.13. The maximum absolute atomic E-state index is 11.0. The van der Waals surface area contributed by atoms with Crippen molar-refractivity contribution in [3.63, 3.8) is 0 Å². The first-order valence-corrected chi connectivity index (χ1v) is 7.05. The molecule has 0 amide bonds. The van der Waals surface area contributed by atoms with Crippen molar-refractivity contribution in [3.8, 4) is 0 Å². The summed E-state index contributed by atoms with van der Waals surface area (Å²) < 4.78 is 5.39. The lowest BCUT2D eigenvalue weighted by atomic mass is 10.1. The van der Waals surface area contributed by atoms with E-state index in [4.69, 9.17) is 21.1 Å². The Bertz CT molecular complexity index is 651. The van der Waals surface area contributed by atoms with Crippen LogP contribution >= 0.6 is 11.6 Å². The third-order valence-electron chi connectivity index (χ3n) is 3.58. The number of nitrogens with zero attached hydrogens (tertiary/aromatic N) is 1. The van der Waals surface area contributed by atoms with Crippen molar-refractivity contribution in [3.05, 3.63) is 58.0 Å². The molecule has 0 saturated carbocycles. The zero-order chi connectivity index (χ0) is 15.6. The summed E-state index contributed by atoms with van der Waals surface area (Å²) >= 11 is 6.21. The average Bonchev–Trinajstić information content (AvgIpc) is 2.79. The minimum atomic E-state index is -1.04. The van der Waals surface area contributed by atoms with Crippen molar-refractivity contribution in [2.24, 2.45) is 0 Å². The Balaban J connectivity index is 2.14. The summed E-state index contributed by atoms with van der Waals surface area (Å²) in [4.78, 5) is 13.1. The zero-order valence-corrected chi connectivity index (χ0v) is 13.0. The summed E-state index contributed by atoms with van der Waals surface area (Å²) in [7, 11) is 1.95. The molecule has 2 aromatic rings. The van der Waals surface area contributed by atoms with Crippen molar-refractivity contribution in [2.75, 3.05) is 7.05 Å². The summed E-state index contributed by atoms with van der Waals surface area (Å²) in [5.41, 5.74) is 1.67. The van der Waals surface area contributed by atoms with E-state index in [2.05, 4.69) is 11.8 Å². The highest BCUT2D eigenvalue weighted by Gasteiger charge is 2.19. The second kappa shape index (κ2) is 6.33. The molecule has 0 saturated heterocycles. The van der Waals surface area contributed by atoms with E-state index in [0.29, 0.717) is 17.9 Å². The van der Waals surface area contributed by atoms with Crippen LogP contribution in [-0.4, -0.2) is 23.0 Å². The van der Waals surface area contributed by atoms with E-state index in [-0.39, 0.29) is 11.8 Å². The number of aryl methyl sites for hydroxylation is 1. The van der Waals surface area contributed by atoms with Crippen LogP contribution in [0.25, 0.3) is 0 Å². The lowest BCUT2D eigenvalue weighted by Gasteiger charge is -2.24. The van der Waals surface area contributed by atoms with Crippen LogP contribution in [0.5, 0.6) is 0 Å². The molecule has 1 N–H and O–H groups in total. The largest absolute Gasteiger partial charge is 0.475 e. The van der Waals surface area contributed by atoms with Crippen LogP contribution in [-0.2, 0) is 6.54 Å². The normalized spacial score (nSPS) is 12.6. The van der Waals surface area contributed by atoms with Gasteiger partial charge in [-0.3, -0.25) is 4.90 Å². The molecular weight excluding hydrogens is 290 g/mol. The SMILES string of the molecule is Cc1cc(CN(C)C(C)c2ccccc2Cl)oc1C(=O)O. The number of hydrogen-bond acceptors (Lipinski definition) is 3. The zero-order valence-electron chi connectivity index (χ0n) is 12.3. The second-order valence-electron chi connectivity index (χ2n) is 5.14. The number of rotatable bonds is 5. The van der Waals surface area contributed by atoms with E-state index in [1.807, 2.05) is 31.3 Å². The highest BCUT2D eigenvalue weighted by molar-refractivity contribution is 6.31. The van der Waals surface area contributed by atoms with Gasteiger partial charge in [0.2, 0.25) is 5.76 Å². The number of halogens is 1. The van der Waals surface area contributed by atoms with Crippen LogP contribution in [0.2, 0.25) is 5.02 Å². The van der Waals surface area contributed by atoms with Crippen LogP contribution in [0, 0.1) is 6.92 Å². The smallest absolute Gasteiger partial charge is 0.372 e. The number of aromatic carboxylic acids is 1. The van der Waals surface area contributed by atoms with Gasteiger partial charge in [-0.15, -0.1) is 0 Å². The van der Waals surface area contributed by atoms with Crippen LogP contribution in [0.1, 0.15) is 40.4 Å². The fourth-order valence-electron chi connectivity index (χ4n) is 2.27. The summed E-state index contributed by atoms with van der Waals surface area (Å²) in [6.45, 7) is 4.30. The Hall–Kier alpha value is -1.78. The van der Waals surface area contributed by atoms with E-state index in [9.17, 15) is 4.79 Å². The van der Waals surface area contributed by atoms with Gasteiger partial charge in [-0.25, -0.2) is 4.79 Å². The molecule has 21 heavy (non-hydrogen) atoms. The second-order valence-corrected chi connectivity index (χ2v) is 5.55. The Kier molecular flexibility index (Phi) is 4.70. The molecule has 1 aromatic heterocycles. The van der Waals surface area contributed by atoms with E-state index in [1.165, 1.54) is 0 Å². The Labute approximate surface area is 128 Å². The van der Waals surface area contributed by atoms with Gasteiger partial charge < -0.3 is 9.52 Å². The van der Waals surface area contributed by atoms with Gasteiger partial charge in [0, 0.05) is 16.6 Å². The molecule has 4 nitrogen and oxygen atoms in total. The molecule has 0 radical (unpaired) electrons. The number of hydrogen-bond donors (Lipinski definition) is 1. The quantitative estimate of drug-likeness (QED) is 0.902. The van der Waals surface area contributed by atoms with Crippen molar-refractivity contribution in [2.45, 2.75) is 26.4 Å². The fraction of sp³-hybridized carbons (Fsp3) is 0.312. The summed E-state index contributed by atoms with van der Waals surface area (Å²) in [6, 6.07) is 9.55. The van der Waals surface area contributed by atoms with Crippen molar-refractivity contribution in [1.29, 1.82) is 0 Å². The third-order valence-corrected chi connectivity index (χ3v) is 3.93. The molecule has 1 atom stereocenters. The topological polar surface area (TPSA) is 53.7 Å². The van der Waals surface area contributed by atoms with Crippen molar-refractivity contribution < 1.29 is 14.3 Å². The number of carbonyl (C=O) groups is 1. The van der Waals surface area contributed by atoms with Gasteiger partial charge in [-0.05, 0) is 38.6 Å². The standard InChI is InChI=1S/C16H18ClNO3/c1-10-8-12(21-15(10)16(19)20)9-18(3)11(2)13-6-4-5-7-14(13)17/h4-8,11H,9H2,1-3H3,(H,19,20). The van der Waals surface area contributed by atoms with Gasteiger partial charge in [0.25, 0.3) is 0 Å².